The van der Waals surface area contributed by atoms with E-state index in [1.54, 1.807) is 11.3 Å². The maximum absolute atomic E-state index is 5.39. The third kappa shape index (κ3) is 1.59. The molecule has 1 fully saturated rings. The maximum atomic E-state index is 5.39. The van der Waals surface area contributed by atoms with Crippen LogP contribution in [0.5, 0.6) is 11.5 Å². The van der Waals surface area contributed by atoms with Crippen molar-refractivity contribution in [1.29, 1.82) is 0 Å². The zero-order valence-electron chi connectivity index (χ0n) is 9.68. The summed E-state index contributed by atoms with van der Waals surface area (Å²) in [5.41, 5.74) is 2.12. The second-order valence-corrected chi connectivity index (χ2v) is 5.38. The van der Waals surface area contributed by atoms with Crippen molar-refractivity contribution in [2.75, 3.05) is 19.9 Å². The normalized spacial score (nSPS) is 17.8. The van der Waals surface area contributed by atoms with Gasteiger partial charge in [-0.05, 0) is 18.2 Å². The van der Waals surface area contributed by atoms with Gasteiger partial charge in [-0.2, -0.15) is 0 Å². The Labute approximate surface area is 109 Å². The Balaban J connectivity index is 1.67. The summed E-state index contributed by atoms with van der Waals surface area (Å²) in [4.78, 5) is 4.71. The van der Waals surface area contributed by atoms with E-state index in [2.05, 4.69) is 10.7 Å². The van der Waals surface area contributed by atoms with Crippen LogP contribution in [0.2, 0.25) is 0 Å². The molecule has 1 aromatic heterocycles. The van der Waals surface area contributed by atoms with Crippen LogP contribution in [0.4, 0.5) is 0 Å². The molecule has 2 aromatic rings. The Morgan fingerprint density at radius 3 is 2.94 bits per heavy atom. The van der Waals surface area contributed by atoms with Crippen molar-refractivity contribution in [3.8, 4) is 22.8 Å². The minimum Gasteiger partial charge on any atom is -0.454 e. The summed E-state index contributed by atoms with van der Waals surface area (Å²) in [7, 11) is 0. The Kier molecular flexibility index (Phi) is 2.28. The third-order valence-electron chi connectivity index (χ3n) is 3.32. The molecule has 0 spiro atoms. The molecule has 3 heterocycles. The number of hydrogen-bond acceptors (Lipinski definition) is 5. The fourth-order valence-electron chi connectivity index (χ4n) is 2.13. The molecule has 4 nitrogen and oxygen atoms in total. The minimum atomic E-state index is 0.314. The molecule has 18 heavy (non-hydrogen) atoms. The summed E-state index contributed by atoms with van der Waals surface area (Å²) >= 11 is 1.74. The molecule has 2 aliphatic rings. The highest BCUT2D eigenvalue weighted by Gasteiger charge is 2.22. The van der Waals surface area contributed by atoms with Crippen LogP contribution >= 0.6 is 11.3 Å². The SMILES string of the molecule is c1cc2c(cc1-c1csc(C3CNC3)n1)OCO2. The van der Waals surface area contributed by atoms with Gasteiger partial charge in [0.25, 0.3) is 0 Å². The first-order valence-electron chi connectivity index (χ1n) is 5.96. The molecule has 4 rings (SSSR count). The van der Waals surface area contributed by atoms with E-state index >= 15 is 0 Å². The summed E-state index contributed by atoms with van der Waals surface area (Å²) in [6.45, 7) is 2.41. The predicted octanol–water partition coefficient (Wildman–Crippen LogP) is 2.23. The van der Waals surface area contributed by atoms with Crippen molar-refractivity contribution in [2.45, 2.75) is 5.92 Å². The second kappa shape index (κ2) is 3.96. The molecule has 0 amide bonds. The summed E-state index contributed by atoms with van der Waals surface area (Å²) < 4.78 is 10.7. The fourth-order valence-corrected chi connectivity index (χ4v) is 3.06. The average Bonchev–Trinajstić information content (AvgIpc) is 2.93. The number of ether oxygens (including phenoxy) is 2. The minimum absolute atomic E-state index is 0.314. The third-order valence-corrected chi connectivity index (χ3v) is 4.33. The highest BCUT2D eigenvalue weighted by molar-refractivity contribution is 7.10. The molecule has 1 aromatic carbocycles. The Morgan fingerprint density at radius 1 is 1.22 bits per heavy atom. The Morgan fingerprint density at radius 2 is 2.11 bits per heavy atom. The van der Waals surface area contributed by atoms with Crippen molar-refractivity contribution in [3.05, 3.63) is 28.6 Å². The largest absolute Gasteiger partial charge is 0.454 e. The van der Waals surface area contributed by atoms with Gasteiger partial charge in [0.2, 0.25) is 6.79 Å². The van der Waals surface area contributed by atoms with Gasteiger partial charge in [0, 0.05) is 30.0 Å². The number of benzene rings is 1. The molecule has 92 valence electrons. The molecule has 0 saturated carbocycles. The zero-order valence-corrected chi connectivity index (χ0v) is 10.5. The standard InChI is InChI=1S/C13H12N2O2S/c1-2-11-12(17-7-16-11)3-8(1)10-6-18-13(15-10)9-4-14-5-9/h1-3,6,9,14H,4-5,7H2. The van der Waals surface area contributed by atoms with Gasteiger partial charge in [-0.25, -0.2) is 4.98 Å². The van der Waals surface area contributed by atoms with E-state index < -0.39 is 0 Å². The van der Waals surface area contributed by atoms with Crippen molar-refractivity contribution < 1.29 is 9.47 Å². The summed E-state index contributed by atoms with van der Waals surface area (Å²) in [5.74, 6) is 2.22. The lowest BCUT2D eigenvalue weighted by atomic mass is 10.1. The van der Waals surface area contributed by atoms with E-state index in [0.717, 1.165) is 35.8 Å². The van der Waals surface area contributed by atoms with E-state index in [0.29, 0.717) is 12.7 Å². The van der Waals surface area contributed by atoms with Crippen molar-refractivity contribution in [2.24, 2.45) is 0 Å². The van der Waals surface area contributed by atoms with Gasteiger partial charge in [-0.3, -0.25) is 0 Å². The van der Waals surface area contributed by atoms with Crippen LogP contribution in [0.3, 0.4) is 0 Å². The molecule has 0 atom stereocenters. The van der Waals surface area contributed by atoms with Crippen molar-refractivity contribution >= 4 is 11.3 Å². The van der Waals surface area contributed by atoms with Gasteiger partial charge in [-0.15, -0.1) is 11.3 Å². The van der Waals surface area contributed by atoms with Crippen LogP contribution in [0.1, 0.15) is 10.9 Å². The molecular weight excluding hydrogens is 248 g/mol. The van der Waals surface area contributed by atoms with Crippen molar-refractivity contribution in [3.63, 3.8) is 0 Å². The number of thiazole rings is 1. The van der Waals surface area contributed by atoms with Crippen LogP contribution in [-0.4, -0.2) is 24.9 Å². The smallest absolute Gasteiger partial charge is 0.231 e. The maximum Gasteiger partial charge on any atom is 0.231 e. The van der Waals surface area contributed by atoms with Gasteiger partial charge < -0.3 is 14.8 Å². The quantitative estimate of drug-likeness (QED) is 0.899. The van der Waals surface area contributed by atoms with Crippen LogP contribution in [0.15, 0.2) is 23.6 Å². The Bertz CT molecular complexity index is 592. The molecule has 1 N–H and O–H groups in total. The topological polar surface area (TPSA) is 43.4 Å². The summed E-state index contributed by atoms with van der Waals surface area (Å²) in [6, 6.07) is 5.98. The molecule has 1 saturated heterocycles. The summed E-state index contributed by atoms with van der Waals surface area (Å²) in [6.07, 6.45) is 0. The average molecular weight is 260 g/mol. The number of rotatable bonds is 2. The fraction of sp³-hybridized carbons (Fsp3) is 0.308. The first-order chi connectivity index (χ1) is 8.90. The van der Waals surface area contributed by atoms with E-state index in [1.807, 2.05) is 18.2 Å². The van der Waals surface area contributed by atoms with Crippen LogP contribution in [0, 0.1) is 0 Å². The molecule has 0 radical (unpaired) electrons. The number of hydrogen-bond donors (Lipinski definition) is 1. The molecule has 5 heteroatoms. The first-order valence-corrected chi connectivity index (χ1v) is 6.84. The zero-order chi connectivity index (χ0) is 11.9. The van der Waals surface area contributed by atoms with E-state index in [4.69, 9.17) is 14.5 Å². The molecular formula is C13H12N2O2S. The summed E-state index contributed by atoms with van der Waals surface area (Å²) in [5, 5.41) is 6.61. The lowest BCUT2D eigenvalue weighted by Crippen LogP contribution is -2.39. The van der Waals surface area contributed by atoms with Gasteiger partial charge in [-0.1, -0.05) is 0 Å². The number of aromatic nitrogens is 1. The molecule has 0 aliphatic carbocycles. The van der Waals surface area contributed by atoms with Crippen molar-refractivity contribution in [1.82, 2.24) is 10.3 Å². The lowest BCUT2D eigenvalue weighted by Gasteiger charge is -2.24. The van der Waals surface area contributed by atoms with Crippen LogP contribution < -0.4 is 14.8 Å². The number of nitrogens with one attached hydrogen (secondary N) is 1. The first kappa shape index (κ1) is 10.3. The van der Waals surface area contributed by atoms with E-state index in [1.165, 1.54) is 5.01 Å². The van der Waals surface area contributed by atoms with Crippen LogP contribution in [-0.2, 0) is 0 Å². The molecule has 2 aliphatic heterocycles. The lowest BCUT2D eigenvalue weighted by molar-refractivity contribution is 0.174. The van der Waals surface area contributed by atoms with Gasteiger partial charge in [0.15, 0.2) is 11.5 Å². The highest BCUT2D eigenvalue weighted by Crippen LogP contribution is 2.36. The molecule has 0 bridgehead atoms. The molecule has 0 unspecified atom stereocenters. The number of fused-ring (bicyclic) bond motifs is 1. The van der Waals surface area contributed by atoms with Gasteiger partial charge in [0.05, 0.1) is 10.7 Å². The number of nitrogens with zero attached hydrogens (tertiary/aromatic N) is 1. The monoisotopic (exact) mass is 260 g/mol. The van der Waals surface area contributed by atoms with Gasteiger partial charge >= 0.3 is 0 Å². The Hall–Kier alpha value is -1.59. The highest BCUT2D eigenvalue weighted by atomic mass is 32.1. The second-order valence-electron chi connectivity index (χ2n) is 4.49. The predicted molar refractivity (Wildman–Crippen MR) is 69.3 cm³/mol. The van der Waals surface area contributed by atoms with E-state index in [-0.39, 0.29) is 0 Å². The van der Waals surface area contributed by atoms with Gasteiger partial charge in [0.1, 0.15) is 0 Å². The van der Waals surface area contributed by atoms with E-state index in [9.17, 15) is 0 Å². The van der Waals surface area contributed by atoms with Crippen LogP contribution in [0.25, 0.3) is 11.3 Å².